The molecule has 6 nitrogen and oxygen atoms in total. The Balaban J connectivity index is 2.06. The number of ether oxygens (including phenoxy) is 1. The molecule has 3 rings (SSSR count). The van der Waals surface area contributed by atoms with Gasteiger partial charge in [-0.3, -0.25) is 4.79 Å². The standard InChI is InChI=1S/C19H15ClF3N3O3S/c1-2-29-16(28)18(19(21,22)23,25-15(27)11-6-5-7-12(20)10-11)26-17-24-13-8-3-4-9-14(13)30-17/h3-10H,2H2,1H3,(H,24,26)(H,25,27)/t18-/m1/s1. The minimum Gasteiger partial charge on any atom is -0.463 e. The molecule has 3 aromatic rings. The number of rotatable bonds is 6. The van der Waals surface area contributed by atoms with Gasteiger partial charge in [-0.05, 0) is 37.3 Å². The number of carbonyl (C=O) groups is 2. The van der Waals surface area contributed by atoms with E-state index in [9.17, 15) is 22.8 Å². The van der Waals surface area contributed by atoms with E-state index < -0.39 is 23.7 Å². The van der Waals surface area contributed by atoms with E-state index in [-0.39, 0.29) is 22.3 Å². The number of thiazole rings is 1. The maximum atomic E-state index is 14.2. The van der Waals surface area contributed by atoms with Crippen molar-refractivity contribution in [2.75, 3.05) is 11.9 Å². The van der Waals surface area contributed by atoms with Crippen LogP contribution in [0.15, 0.2) is 48.5 Å². The number of aromatic nitrogens is 1. The molecule has 0 aliphatic carbocycles. The van der Waals surface area contributed by atoms with Crippen LogP contribution in [0.25, 0.3) is 10.2 Å². The predicted molar refractivity (Wildman–Crippen MR) is 108 cm³/mol. The van der Waals surface area contributed by atoms with Gasteiger partial charge in [0.15, 0.2) is 5.13 Å². The molecule has 0 bridgehead atoms. The highest BCUT2D eigenvalue weighted by Crippen LogP contribution is 2.36. The summed E-state index contributed by atoms with van der Waals surface area (Å²) in [6.07, 6.45) is -5.26. The van der Waals surface area contributed by atoms with Crippen molar-refractivity contribution >= 4 is 50.2 Å². The number of hydrogen-bond donors (Lipinski definition) is 2. The Labute approximate surface area is 178 Å². The number of nitrogens with zero attached hydrogens (tertiary/aromatic N) is 1. The van der Waals surface area contributed by atoms with Crippen molar-refractivity contribution in [2.45, 2.75) is 18.8 Å². The summed E-state index contributed by atoms with van der Waals surface area (Å²) in [5.74, 6) is -2.89. The van der Waals surface area contributed by atoms with Gasteiger partial charge in [-0.15, -0.1) is 0 Å². The first-order valence-electron chi connectivity index (χ1n) is 8.62. The van der Waals surface area contributed by atoms with Crippen molar-refractivity contribution in [1.82, 2.24) is 10.3 Å². The van der Waals surface area contributed by atoms with Crippen molar-refractivity contribution in [3.05, 3.63) is 59.1 Å². The van der Waals surface area contributed by atoms with Crippen LogP contribution in [0.2, 0.25) is 5.02 Å². The first kappa shape index (κ1) is 21.8. The van der Waals surface area contributed by atoms with Crippen LogP contribution in [-0.2, 0) is 9.53 Å². The fourth-order valence-corrected chi connectivity index (χ4v) is 3.70. The first-order valence-corrected chi connectivity index (χ1v) is 9.81. The third-order valence-electron chi connectivity index (χ3n) is 3.98. The number of amides is 1. The molecule has 2 aromatic carbocycles. The summed E-state index contributed by atoms with van der Waals surface area (Å²) >= 11 is 6.72. The average Bonchev–Trinajstić information content (AvgIpc) is 3.08. The Morgan fingerprint density at radius 1 is 1.17 bits per heavy atom. The molecule has 1 heterocycles. The Kier molecular flexibility index (Phi) is 6.18. The highest BCUT2D eigenvalue weighted by molar-refractivity contribution is 7.22. The van der Waals surface area contributed by atoms with E-state index in [2.05, 4.69) is 15.0 Å². The largest absolute Gasteiger partial charge is 0.463 e. The van der Waals surface area contributed by atoms with Crippen LogP contribution >= 0.6 is 22.9 Å². The van der Waals surface area contributed by atoms with Crippen LogP contribution in [0.4, 0.5) is 18.3 Å². The van der Waals surface area contributed by atoms with Gasteiger partial charge in [0.1, 0.15) is 0 Å². The van der Waals surface area contributed by atoms with Crippen molar-refractivity contribution in [2.24, 2.45) is 0 Å². The molecule has 0 spiro atoms. The van der Waals surface area contributed by atoms with Gasteiger partial charge in [0.25, 0.3) is 5.91 Å². The molecule has 0 unspecified atom stereocenters. The number of esters is 1. The summed E-state index contributed by atoms with van der Waals surface area (Å²) in [5.41, 5.74) is -3.28. The van der Waals surface area contributed by atoms with Gasteiger partial charge >= 0.3 is 17.8 Å². The third-order valence-corrected chi connectivity index (χ3v) is 5.17. The maximum Gasteiger partial charge on any atom is 0.442 e. The number of para-hydroxylation sites is 1. The Bertz CT molecular complexity index is 1060. The van der Waals surface area contributed by atoms with Gasteiger partial charge in [0.05, 0.1) is 16.8 Å². The molecular weight excluding hydrogens is 443 g/mol. The van der Waals surface area contributed by atoms with Crippen molar-refractivity contribution < 1.29 is 27.5 Å². The number of anilines is 1. The molecule has 0 fully saturated rings. The quantitative estimate of drug-likeness (QED) is 0.417. The molecule has 1 amide bonds. The summed E-state index contributed by atoms with van der Waals surface area (Å²) in [5, 5.41) is 3.75. The second-order valence-corrected chi connectivity index (χ2v) is 7.51. The monoisotopic (exact) mass is 457 g/mol. The van der Waals surface area contributed by atoms with Crippen molar-refractivity contribution in [3.63, 3.8) is 0 Å². The number of nitrogens with one attached hydrogen (secondary N) is 2. The average molecular weight is 458 g/mol. The molecule has 1 atom stereocenters. The second kappa shape index (κ2) is 8.49. The Morgan fingerprint density at radius 2 is 1.90 bits per heavy atom. The summed E-state index contributed by atoms with van der Waals surface area (Å²) in [6.45, 7) is 1.03. The number of alkyl halides is 3. The lowest BCUT2D eigenvalue weighted by molar-refractivity contribution is -0.204. The normalized spacial score (nSPS) is 13.5. The molecule has 0 saturated heterocycles. The zero-order valence-corrected chi connectivity index (χ0v) is 17.0. The van der Waals surface area contributed by atoms with E-state index in [4.69, 9.17) is 11.6 Å². The molecule has 11 heteroatoms. The number of hydrogen-bond acceptors (Lipinski definition) is 6. The molecule has 30 heavy (non-hydrogen) atoms. The molecule has 0 aliphatic heterocycles. The number of halogens is 4. The van der Waals surface area contributed by atoms with E-state index >= 15 is 0 Å². The van der Waals surface area contributed by atoms with Crippen LogP contribution in [0, 0.1) is 0 Å². The zero-order chi connectivity index (χ0) is 21.9. The minimum absolute atomic E-state index is 0.149. The van der Waals surface area contributed by atoms with E-state index in [0.717, 1.165) is 11.3 Å². The molecule has 158 valence electrons. The third kappa shape index (κ3) is 4.34. The number of carbonyl (C=O) groups excluding carboxylic acids is 2. The first-order chi connectivity index (χ1) is 14.2. The van der Waals surface area contributed by atoms with Gasteiger partial charge in [-0.2, -0.15) is 13.2 Å². The Hall–Kier alpha value is -2.85. The summed E-state index contributed by atoms with van der Waals surface area (Å²) < 4.78 is 47.9. The summed E-state index contributed by atoms with van der Waals surface area (Å²) in [7, 11) is 0. The van der Waals surface area contributed by atoms with Crippen LogP contribution < -0.4 is 10.6 Å². The lowest BCUT2D eigenvalue weighted by Crippen LogP contribution is -2.69. The zero-order valence-electron chi connectivity index (χ0n) is 15.4. The van der Waals surface area contributed by atoms with Gasteiger partial charge in [0, 0.05) is 10.6 Å². The highest BCUT2D eigenvalue weighted by atomic mass is 35.5. The molecule has 2 N–H and O–H groups in total. The van der Waals surface area contributed by atoms with Crippen LogP contribution in [-0.4, -0.2) is 35.3 Å². The smallest absolute Gasteiger partial charge is 0.442 e. The van der Waals surface area contributed by atoms with Gasteiger partial charge < -0.3 is 15.4 Å². The van der Waals surface area contributed by atoms with Crippen LogP contribution in [0.1, 0.15) is 17.3 Å². The second-order valence-electron chi connectivity index (χ2n) is 6.04. The molecular formula is C19H15ClF3N3O3S. The minimum atomic E-state index is -5.26. The summed E-state index contributed by atoms with van der Waals surface area (Å²) in [6, 6.07) is 12.0. The lowest BCUT2D eigenvalue weighted by atomic mass is 10.1. The van der Waals surface area contributed by atoms with E-state index in [1.165, 1.54) is 31.2 Å². The molecule has 1 aromatic heterocycles. The van der Waals surface area contributed by atoms with Gasteiger partial charge in [-0.25, -0.2) is 9.78 Å². The fourth-order valence-electron chi connectivity index (χ4n) is 2.59. The number of benzene rings is 2. The van der Waals surface area contributed by atoms with E-state index in [0.29, 0.717) is 10.2 Å². The topological polar surface area (TPSA) is 80.3 Å². The number of fused-ring (bicyclic) bond motifs is 1. The molecule has 0 saturated carbocycles. The van der Waals surface area contributed by atoms with E-state index in [1.54, 1.807) is 29.6 Å². The molecule has 0 aliphatic rings. The Morgan fingerprint density at radius 3 is 2.53 bits per heavy atom. The fraction of sp³-hybridized carbons (Fsp3) is 0.211. The van der Waals surface area contributed by atoms with Crippen molar-refractivity contribution in [3.8, 4) is 0 Å². The SMILES string of the molecule is CCOC(=O)[C@@](NC(=O)c1cccc(Cl)c1)(Nc1nc2ccccc2s1)C(F)(F)F. The lowest BCUT2D eigenvalue weighted by Gasteiger charge is -2.34. The summed E-state index contributed by atoms with van der Waals surface area (Å²) in [4.78, 5) is 29.2. The maximum absolute atomic E-state index is 14.2. The van der Waals surface area contributed by atoms with Crippen molar-refractivity contribution in [1.29, 1.82) is 0 Å². The van der Waals surface area contributed by atoms with Gasteiger partial charge in [-0.1, -0.05) is 41.1 Å². The van der Waals surface area contributed by atoms with E-state index in [1.807, 2.05) is 0 Å². The van der Waals surface area contributed by atoms with Crippen LogP contribution in [0.3, 0.4) is 0 Å². The van der Waals surface area contributed by atoms with Gasteiger partial charge in [0.2, 0.25) is 0 Å². The van der Waals surface area contributed by atoms with Crippen LogP contribution in [0.5, 0.6) is 0 Å². The highest BCUT2D eigenvalue weighted by Gasteiger charge is 2.64. The predicted octanol–water partition coefficient (Wildman–Crippen LogP) is 4.61. The molecule has 0 radical (unpaired) electrons.